The van der Waals surface area contributed by atoms with Gasteiger partial charge in [0.2, 0.25) is 0 Å². The quantitative estimate of drug-likeness (QED) is 0.704. The Labute approximate surface area is 112 Å². The van der Waals surface area contributed by atoms with Gasteiger partial charge in [0.05, 0.1) is 5.56 Å². The number of hydrogen-bond acceptors (Lipinski definition) is 4. The van der Waals surface area contributed by atoms with E-state index in [1.807, 2.05) is 7.05 Å². The van der Waals surface area contributed by atoms with Gasteiger partial charge in [-0.3, -0.25) is 4.79 Å². The third-order valence-corrected chi connectivity index (χ3v) is 4.00. The lowest BCUT2D eigenvalue weighted by Gasteiger charge is -2.39. The van der Waals surface area contributed by atoms with Crippen LogP contribution in [-0.4, -0.2) is 46.7 Å². The van der Waals surface area contributed by atoms with Gasteiger partial charge in [0, 0.05) is 18.6 Å². The maximum absolute atomic E-state index is 12.3. The van der Waals surface area contributed by atoms with Gasteiger partial charge < -0.3 is 20.4 Å². The molecule has 1 fully saturated rings. The number of para-hydroxylation sites is 1. The van der Waals surface area contributed by atoms with E-state index >= 15 is 0 Å². The Kier molecular flexibility index (Phi) is 3.66. The largest absolute Gasteiger partial charge is 0.504 e. The number of benzene rings is 1. The molecule has 0 aliphatic carbocycles. The van der Waals surface area contributed by atoms with Crippen molar-refractivity contribution in [1.29, 1.82) is 0 Å². The normalized spacial score (nSPS) is 18.3. The fourth-order valence-electron chi connectivity index (χ4n) is 2.33. The molecule has 2 rings (SSSR count). The van der Waals surface area contributed by atoms with Crippen molar-refractivity contribution in [3.05, 3.63) is 23.8 Å². The van der Waals surface area contributed by atoms with E-state index in [-0.39, 0.29) is 28.5 Å². The molecule has 1 aromatic carbocycles. The molecule has 0 bridgehead atoms. The molecule has 1 aromatic rings. The molecular weight excluding hydrogens is 244 g/mol. The summed E-state index contributed by atoms with van der Waals surface area (Å²) in [6.07, 6.45) is 1.74. The molecule has 1 saturated heterocycles. The average Bonchev–Trinajstić information content (AvgIpc) is 2.42. The van der Waals surface area contributed by atoms with Gasteiger partial charge in [0.1, 0.15) is 0 Å². The number of hydrogen-bond donors (Lipinski definition) is 3. The summed E-state index contributed by atoms with van der Waals surface area (Å²) in [7, 11) is 1.93. The number of rotatable bonds is 2. The second-order valence-electron chi connectivity index (χ2n) is 5.28. The fourth-order valence-corrected chi connectivity index (χ4v) is 2.33. The van der Waals surface area contributed by atoms with Crippen LogP contribution in [0.2, 0.25) is 0 Å². The minimum Gasteiger partial charge on any atom is -0.504 e. The van der Waals surface area contributed by atoms with Crippen LogP contribution in [0.1, 0.15) is 30.1 Å². The summed E-state index contributed by atoms with van der Waals surface area (Å²) in [4.78, 5) is 14.0. The van der Waals surface area contributed by atoms with E-state index in [1.165, 1.54) is 12.1 Å². The highest BCUT2D eigenvalue weighted by Gasteiger charge is 2.31. The van der Waals surface area contributed by atoms with Crippen LogP contribution in [-0.2, 0) is 0 Å². The summed E-state index contributed by atoms with van der Waals surface area (Å²) in [5.41, 5.74) is 0.227. The Balaban J connectivity index is 2.12. The molecule has 0 aromatic heterocycles. The van der Waals surface area contributed by atoms with Gasteiger partial charge >= 0.3 is 0 Å². The number of likely N-dealkylation sites (tertiary alicyclic amines) is 1. The van der Waals surface area contributed by atoms with Crippen LogP contribution in [0.5, 0.6) is 11.5 Å². The van der Waals surface area contributed by atoms with E-state index in [2.05, 4.69) is 12.2 Å². The number of amides is 1. The van der Waals surface area contributed by atoms with Gasteiger partial charge in [-0.1, -0.05) is 6.07 Å². The second kappa shape index (κ2) is 5.09. The summed E-state index contributed by atoms with van der Waals surface area (Å²) in [6, 6.07) is 4.45. The van der Waals surface area contributed by atoms with Crippen LogP contribution in [0.4, 0.5) is 0 Å². The average molecular weight is 264 g/mol. The standard InChI is InChI=1S/C14H20N2O3/c1-14(15-2)6-8-16(9-7-14)13(19)10-4-3-5-11(17)12(10)18/h3-5,15,17-18H,6-9H2,1-2H3. The highest BCUT2D eigenvalue weighted by atomic mass is 16.3. The Morgan fingerprint density at radius 1 is 1.32 bits per heavy atom. The molecule has 5 heteroatoms. The lowest BCUT2D eigenvalue weighted by molar-refractivity contribution is 0.0658. The monoisotopic (exact) mass is 264 g/mol. The molecular formula is C14H20N2O3. The zero-order chi connectivity index (χ0) is 14.0. The number of nitrogens with one attached hydrogen (secondary N) is 1. The first kappa shape index (κ1) is 13.7. The smallest absolute Gasteiger partial charge is 0.257 e. The van der Waals surface area contributed by atoms with Crippen molar-refractivity contribution in [2.75, 3.05) is 20.1 Å². The molecule has 1 heterocycles. The van der Waals surface area contributed by atoms with Gasteiger partial charge in [-0.2, -0.15) is 0 Å². The third-order valence-electron chi connectivity index (χ3n) is 4.00. The number of phenols is 2. The molecule has 3 N–H and O–H groups in total. The van der Waals surface area contributed by atoms with Crippen LogP contribution in [0.15, 0.2) is 18.2 Å². The van der Waals surface area contributed by atoms with Gasteiger partial charge in [0.25, 0.3) is 5.91 Å². The molecule has 1 aliphatic heterocycles. The molecule has 19 heavy (non-hydrogen) atoms. The lowest BCUT2D eigenvalue weighted by Crippen LogP contribution is -2.51. The van der Waals surface area contributed by atoms with Crippen LogP contribution in [0, 0.1) is 0 Å². The summed E-state index contributed by atoms with van der Waals surface area (Å²) < 4.78 is 0. The van der Waals surface area contributed by atoms with Crippen molar-refractivity contribution in [3.8, 4) is 11.5 Å². The van der Waals surface area contributed by atoms with Crippen LogP contribution >= 0.6 is 0 Å². The van der Waals surface area contributed by atoms with E-state index in [9.17, 15) is 15.0 Å². The maximum atomic E-state index is 12.3. The third kappa shape index (κ3) is 2.66. The molecule has 0 spiro atoms. The number of aromatic hydroxyl groups is 2. The Morgan fingerprint density at radius 2 is 1.95 bits per heavy atom. The second-order valence-corrected chi connectivity index (χ2v) is 5.28. The summed E-state index contributed by atoms with van der Waals surface area (Å²) in [5, 5.41) is 22.4. The van der Waals surface area contributed by atoms with E-state index in [0.29, 0.717) is 13.1 Å². The van der Waals surface area contributed by atoms with Crippen molar-refractivity contribution in [3.63, 3.8) is 0 Å². The van der Waals surface area contributed by atoms with Crippen molar-refractivity contribution in [1.82, 2.24) is 10.2 Å². The van der Waals surface area contributed by atoms with Gasteiger partial charge in [-0.05, 0) is 38.9 Å². The molecule has 0 radical (unpaired) electrons. The first-order valence-corrected chi connectivity index (χ1v) is 6.46. The van der Waals surface area contributed by atoms with E-state index in [4.69, 9.17) is 0 Å². The molecule has 1 aliphatic rings. The predicted octanol–water partition coefficient (Wildman–Crippen LogP) is 1.31. The van der Waals surface area contributed by atoms with E-state index in [0.717, 1.165) is 12.8 Å². The van der Waals surface area contributed by atoms with Gasteiger partial charge in [0.15, 0.2) is 11.5 Å². The molecule has 5 nitrogen and oxygen atoms in total. The summed E-state index contributed by atoms with van der Waals surface area (Å²) in [6.45, 7) is 3.43. The molecule has 0 atom stereocenters. The molecule has 104 valence electrons. The maximum Gasteiger partial charge on any atom is 0.257 e. The first-order chi connectivity index (χ1) is 8.97. The van der Waals surface area contributed by atoms with E-state index < -0.39 is 0 Å². The zero-order valence-electron chi connectivity index (χ0n) is 11.3. The number of phenolic OH excluding ortho intramolecular Hbond substituents is 2. The summed E-state index contributed by atoms with van der Waals surface area (Å²) in [5.74, 6) is -0.830. The van der Waals surface area contributed by atoms with Crippen molar-refractivity contribution >= 4 is 5.91 Å². The van der Waals surface area contributed by atoms with Crippen LogP contribution in [0.25, 0.3) is 0 Å². The van der Waals surface area contributed by atoms with Crippen LogP contribution < -0.4 is 5.32 Å². The lowest BCUT2D eigenvalue weighted by atomic mass is 9.89. The highest BCUT2D eigenvalue weighted by molar-refractivity contribution is 5.97. The Morgan fingerprint density at radius 3 is 2.53 bits per heavy atom. The summed E-state index contributed by atoms with van der Waals surface area (Å²) >= 11 is 0. The predicted molar refractivity (Wildman–Crippen MR) is 72.4 cm³/mol. The number of piperidine rings is 1. The molecule has 1 amide bonds. The topological polar surface area (TPSA) is 72.8 Å². The number of nitrogens with zero attached hydrogens (tertiary/aromatic N) is 1. The van der Waals surface area contributed by atoms with Crippen LogP contribution in [0.3, 0.4) is 0 Å². The fraction of sp³-hybridized carbons (Fsp3) is 0.500. The number of carbonyl (C=O) groups is 1. The highest BCUT2D eigenvalue weighted by Crippen LogP contribution is 2.30. The Bertz CT molecular complexity index is 480. The number of carbonyl (C=O) groups excluding carboxylic acids is 1. The zero-order valence-corrected chi connectivity index (χ0v) is 11.3. The first-order valence-electron chi connectivity index (χ1n) is 6.46. The molecule has 0 unspecified atom stereocenters. The van der Waals surface area contributed by atoms with Crippen molar-refractivity contribution in [2.24, 2.45) is 0 Å². The van der Waals surface area contributed by atoms with Crippen molar-refractivity contribution < 1.29 is 15.0 Å². The molecule has 0 saturated carbocycles. The van der Waals surface area contributed by atoms with Gasteiger partial charge in [-0.25, -0.2) is 0 Å². The minimum absolute atomic E-state index is 0.0671. The van der Waals surface area contributed by atoms with Gasteiger partial charge in [-0.15, -0.1) is 0 Å². The minimum atomic E-state index is -0.338. The van der Waals surface area contributed by atoms with Crippen molar-refractivity contribution in [2.45, 2.75) is 25.3 Å². The van der Waals surface area contributed by atoms with E-state index in [1.54, 1.807) is 11.0 Å². The Hall–Kier alpha value is -1.75. The SMILES string of the molecule is CNC1(C)CCN(C(=O)c2cccc(O)c2O)CC1.